The molecule has 1 heterocycles. The van der Waals surface area contributed by atoms with Crippen LogP contribution >= 0.6 is 11.3 Å². The van der Waals surface area contributed by atoms with Gasteiger partial charge in [-0.1, -0.05) is 13.3 Å². The third-order valence-corrected chi connectivity index (χ3v) is 3.96. The number of thiazole rings is 1. The van der Waals surface area contributed by atoms with Crippen LogP contribution in [0.2, 0.25) is 0 Å². The number of aromatic nitrogens is 1. The second kappa shape index (κ2) is 8.24. The normalized spacial score (nSPS) is 11.2. The maximum absolute atomic E-state index is 11.1. The predicted molar refractivity (Wildman–Crippen MR) is 75.9 cm³/mol. The van der Waals surface area contributed by atoms with Crippen LogP contribution < -0.4 is 0 Å². The van der Waals surface area contributed by atoms with E-state index in [2.05, 4.69) is 23.9 Å². The first-order valence-corrected chi connectivity index (χ1v) is 7.29. The summed E-state index contributed by atoms with van der Waals surface area (Å²) in [5.41, 5.74) is 0.534. The molecular formula is C13H22N2O3S. The molecule has 0 bridgehead atoms. The Morgan fingerprint density at radius 1 is 1.47 bits per heavy atom. The van der Waals surface area contributed by atoms with E-state index in [9.17, 15) is 4.79 Å². The summed E-state index contributed by atoms with van der Waals surface area (Å²) < 4.78 is 4.98. The quantitative estimate of drug-likeness (QED) is 0.754. The molecule has 0 radical (unpaired) electrons. The largest absolute Gasteiger partial charge is 0.477 e. The lowest BCUT2D eigenvalue weighted by Gasteiger charge is -2.14. The molecule has 0 aromatic carbocycles. The topological polar surface area (TPSA) is 62.7 Å². The molecule has 6 heteroatoms. The van der Waals surface area contributed by atoms with Crippen molar-refractivity contribution in [1.82, 2.24) is 9.88 Å². The average molecular weight is 286 g/mol. The van der Waals surface area contributed by atoms with Gasteiger partial charge in [-0.05, 0) is 20.0 Å². The fourth-order valence-electron chi connectivity index (χ4n) is 1.74. The SMILES string of the molecule is CCCCN(C)CCc1nc(COC)c(C(=O)O)s1. The van der Waals surface area contributed by atoms with Gasteiger partial charge in [-0.25, -0.2) is 9.78 Å². The van der Waals surface area contributed by atoms with Gasteiger partial charge in [0.05, 0.1) is 17.3 Å². The number of unbranched alkanes of at least 4 members (excludes halogenated alkanes) is 1. The van der Waals surface area contributed by atoms with Gasteiger partial charge >= 0.3 is 5.97 Å². The zero-order valence-corrected chi connectivity index (χ0v) is 12.6. The van der Waals surface area contributed by atoms with Crippen LogP contribution in [0.4, 0.5) is 0 Å². The Kier molecular flexibility index (Phi) is 6.97. The van der Waals surface area contributed by atoms with E-state index in [0.717, 1.165) is 24.5 Å². The molecule has 0 fully saturated rings. The van der Waals surface area contributed by atoms with Crippen LogP contribution in [0, 0.1) is 0 Å². The number of carboxylic acid groups (broad SMARTS) is 1. The molecule has 0 aliphatic rings. The zero-order valence-electron chi connectivity index (χ0n) is 11.8. The molecule has 0 saturated heterocycles. The molecule has 0 aliphatic carbocycles. The van der Waals surface area contributed by atoms with Crippen molar-refractivity contribution in [3.8, 4) is 0 Å². The molecule has 1 aromatic rings. The summed E-state index contributed by atoms with van der Waals surface area (Å²) in [6, 6.07) is 0. The third-order valence-electron chi connectivity index (χ3n) is 2.82. The first kappa shape index (κ1) is 16.1. The maximum atomic E-state index is 11.1. The first-order valence-electron chi connectivity index (χ1n) is 6.47. The summed E-state index contributed by atoms with van der Waals surface area (Å²) in [4.78, 5) is 18.0. The van der Waals surface area contributed by atoms with Crippen molar-refractivity contribution in [3.05, 3.63) is 15.6 Å². The van der Waals surface area contributed by atoms with E-state index < -0.39 is 5.97 Å². The highest BCUT2D eigenvalue weighted by Crippen LogP contribution is 2.20. The monoisotopic (exact) mass is 286 g/mol. The van der Waals surface area contributed by atoms with Gasteiger partial charge in [-0.2, -0.15) is 0 Å². The average Bonchev–Trinajstić information content (AvgIpc) is 2.77. The number of carboxylic acids is 1. The van der Waals surface area contributed by atoms with E-state index in [-0.39, 0.29) is 6.61 Å². The number of ether oxygens (including phenoxy) is 1. The third kappa shape index (κ3) is 5.26. The number of hydrogen-bond donors (Lipinski definition) is 1. The summed E-state index contributed by atoms with van der Waals surface area (Å²) >= 11 is 1.26. The van der Waals surface area contributed by atoms with Gasteiger partial charge in [0.1, 0.15) is 4.88 Å². The number of rotatable bonds is 9. The van der Waals surface area contributed by atoms with Crippen molar-refractivity contribution in [2.45, 2.75) is 32.8 Å². The maximum Gasteiger partial charge on any atom is 0.347 e. The Hall–Kier alpha value is -0.980. The van der Waals surface area contributed by atoms with Gasteiger partial charge in [-0.3, -0.25) is 0 Å². The molecule has 0 unspecified atom stereocenters. The van der Waals surface area contributed by atoms with Crippen LogP contribution in [0.3, 0.4) is 0 Å². The molecule has 0 spiro atoms. The van der Waals surface area contributed by atoms with Crippen molar-refractivity contribution >= 4 is 17.3 Å². The number of carbonyl (C=O) groups is 1. The Labute approximate surface area is 118 Å². The van der Waals surface area contributed by atoms with Gasteiger partial charge in [0.15, 0.2) is 0 Å². The summed E-state index contributed by atoms with van der Waals surface area (Å²) in [6.07, 6.45) is 3.15. The minimum atomic E-state index is -0.921. The summed E-state index contributed by atoms with van der Waals surface area (Å²) in [7, 11) is 3.63. The molecule has 0 saturated carbocycles. The van der Waals surface area contributed by atoms with Crippen LogP contribution in [0.25, 0.3) is 0 Å². The van der Waals surface area contributed by atoms with Crippen molar-refractivity contribution in [3.63, 3.8) is 0 Å². The lowest BCUT2D eigenvalue weighted by molar-refractivity contribution is 0.0697. The number of hydrogen-bond acceptors (Lipinski definition) is 5. The number of methoxy groups -OCH3 is 1. The molecule has 19 heavy (non-hydrogen) atoms. The van der Waals surface area contributed by atoms with Crippen LogP contribution in [0.1, 0.15) is 40.1 Å². The van der Waals surface area contributed by atoms with Crippen LogP contribution in [0.5, 0.6) is 0 Å². The molecule has 1 aromatic heterocycles. The molecular weight excluding hydrogens is 264 g/mol. The van der Waals surface area contributed by atoms with Crippen LogP contribution in [-0.2, 0) is 17.8 Å². The van der Waals surface area contributed by atoms with E-state index in [1.165, 1.54) is 24.2 Å². The second-order valence-electron chi connectivity index (χ2n) is 4.53. The molecule has 0 atom stereocenters. The smallest absolute Gasteiger partial charge is 0.347 e. The Morgan fingerprint density at radius 3 is 2.79 bits per heavy atom. The number of aromatic carboxylic acids is 1. The van der Waals surface area contributed by atoms with Crippen molar-refractivity contribution in [2.24, 2.45) is 0 Å². The van der Waals surface area contributed by atoms with Gasteiger partial charge in [-0.15, -0.1) is 11.3 Å². The molecule has 1 N–H and O–H groups in total. The molecule has 108 valence electrons. The Morgan fingerprint density at radius 2 is 2.21 bits per heavy atom. The van der Waals surface area contributed by atoms with Gasteiger partial charge in [0.25, 0.3) is 0 Å². The minimum absolute atomic E-state index is 0.254. The number of likely N-dealkylation sites (N-methyl/N-ethyl adjacent to an activating group) is 1. The lowest BCUT2D eigenvalue weighted by atomic mass is 10.3. The molecule has 5 nitrogen and oxygen atoms in total. The van der Waals surface area contributed by atoms with Crippen molar-refractivity contribution in [2.75, 3.05) is 27.2 Å². The first-order chi connectivity index (χ1) is 9.08. The minimum Gasteiger partial charge on any atom is -0.477 e. The highest BCUT2D eigenvalue weighted by Gasteiger charge is 2.17. The van der Waals surface area contributed by atoms with Gasteiger partial charge < -0.3 is 14.7 Å². The molecule has 0 amide bonds. The summed E-state index contributed by atoms with van der Waals surface area (Å²) in [6.45, 7) is 4.40. The van der Waals surface area contributed by atoms with E-state index >= 15 is 0 Å². The van der Waals surface area contributed by atoms with Crippen LogP contribution in [0.15, 0.2) is 0 Å². The Bertz CT molecular complexity index is 407. The molecule has 0 aliphatic heterocycles. The van der Waals surface area contributed by atoms with E-state index in [0.29, 0.717) is 10.6 Å². The van der Waals surface area contributed by atoms with E-state index in [1.54, 1.807) is 7.11 Å². The standard InChI is InChI=1S/C13H22N2O3S/c1-4-5-7-15(2)8-6-11-14-10(9-18-3)12(19-11)13(16)17/h4-9H2,1-3H3,(H,16,17). The highest BCUT2D eigenvalue weighted by atomic mass is 32.1. The van der Waals surface area contributed by atoms with Crippen molar-refractivity contribution < 1.29 is 14.6 Å². The van der Waals surface area contributed by atoms with E-state index in [4.69, 9.17) is 9.84 Å². The zero-order chi connectivity index (χ0) is 14.3. The molecule has 1 rings (SSSR count). The summed E-state index contributed by atoms with van der Waals surface area (Å²) in [5.74, 6) is -0.921. The Balaban J connectivity index is 2.58. The lowest BCUT2D eigenvalue weighted by Crippen LogP contribution is -2.22. The predicted octanol–water partition coefficient (Wildman–Crippen LogP) is 2.26. The second-order valence-corrected chi connectivity index (χ2v) is 5.61. The number of nitrogens with zero attached hydrogens (tertiary/aromatic N) is 2. The highest BCUT2D eigenvalue weighted by molar-refractivity contribution is 7.13. The van der Waals surface area contributed by atoms with Crippen LogP contribution in [-0.4, -0.2) is 48.2 Å². The van der Waals surface area contributed by atoms with E-state index in [1.807, 2.05) is 0 Å². The van der Waals surface area contributed by atoms with Gasteiger partial charge in [0, 0.05) is 20.1 Å². The fourth-order valence-corrected chi connectivity index (χ4v) is 2.63. The fraction of sp³-hybridized carbons (Fsp3) is 0.692. The van der Waals surface area contributed by atoms with Gasteiger partial charge in [0.2, 0.25) is 0 Å². The summed E-state index contributed by atoms with van der Waals surface area (Å²) in [5, 5.41) is 9.97. The van der Waals surface area contributed by atoms with Crippen molar-refractivity contribution in [1.29, 1.82) is 0 Å².